The summed E-state index contributed by atoms with van der Waals surface area (Å²) in [7, 11) is 4.08. The Hall–Kier alpha value is -2.11. The lowest BCUT2D eigenvalue weighted by molar-refractivity contribution is 0.0696. The first-order valence-electron chi connectivity index (χ1n) is 6.79. The molecule has 0 aliphatic carbocycles. The summed E-state index contributed by atoms with van der Waals surface area (Å²) in [5, 5.41) is 12.1. The zero-order valence-corrected chi connectivity index (χ0v) is 12.3. The Balaban J connectivity index is 1.92. The number of hydrogen-bond donors (Lipinski definition) is 2. The molecule has 112 valence electrons. The summed E-state index contributed by atoms with van der Waals surface area (Å²) in [4.78, 5) is 12.9. The highest BCUT2D eigenvalue weighted by Crippen LogP contribution is 2.11. The Labute approximate surface area is 124 Å². The third kappa shape index (κ3) is 4.44. The van der Waals surface area contributed by atoms with Crippen LogP contribution in [0.1, 0.15) is 27.2 Å². The predicted molar refractivity (Wildman–Crippen MR) is 80.0 cm³/mol. The summed E-state index contributed by atoms with van der Waals surface area (Å²) in [5.41, 5.74) is 2.69. The van der Waals surface area contributed by atoms with Gasteiger partial charge in [-0.05, 0) is 31.3 Å². The van der Waals surface area contributed by atoms with Gasteiger partial charge in [0, 0.05) is 13.1 Å². The summed E-state index contributed by atoms with van der Waals surface area (Å²) >= 11 is 0. The van der Waals surface area contributed by atoms with E-state index in [0.717, 1.165) is 6.54 Å². The summed E-state index contributed by atoms with van der Waals surface area (Å²) in [6.07, 6.45) is 1.26. The number of nitrogens with one attached hydrogen (secondary N) is 1. The molecular formula is C16H20N2O3. The molecule has 0 atom stereocenters. The van der Waals surface area contributed by atoms with Gasteiger partial charge >= 0.3 is 5.97 Å². The molecule has 0 bridgehead atoms. The number of benzene rings is 1. The quantitative estimate of drug-likeness (QED) is 0.818. The second-order valence-corrected chi connectivity index (χ2v) is 5.22. The average Bonchev–Trinajstić information content (AvgIpc) is 2.89. The van der Waals surface area contributed by atoms with Crippen LogP contribution >= 0.6 is 0 Å². The van der Waals surface area contributed by atoms with Crippen molar-refractivity contribution in [3.63, 3.8) is 0 Å². The van der Waals surface area contributed by atoms with Crippen LogP contribution in [0.5, 0.6) is 0 Å². The Morgan fingerprint density at radius 3 is 2.57 bits per heavy atom. The predicted octanol–water partition coefficient (Wildman–Crippen LogP) is 2.33. The van der Waals surface area contributed by atoms with E-state index in [1.54, 1.807) is 6.07 Å². The number of furan rings is 1. The molecule has 1 aromatic heterocycles. The lowest BCUT2D eigenvalue weighted by Crippen LogP contribution is -2.17. The van der Waals surface area contributed by atoms with E-state index in [4.69, 9.17) is 9.52 Å². The molecule has 0 aliphatic heterocycles. The van der Waals surface area contributed by atoms with Crippen LogP contribution in [0.3, 0.4) is 0 Å². The molecule has 5 nitrogen and oxygen atoms in total. The van der Waals surface area contributed by atoms with Crippen molar-refractivity contribution in [3.8, 4) is 0 Å². The fraction of sp³-hybridized carbons (Fsp3) is 0.312. The molecule has 0 aliphatic rings. The van der Waals surface area contributed by atoms with E-state index in [1.165, 1.54) is 17.4 Å². The highest BCUT2D eigenvalue weighted by atomic mass is 16.4. The van der Waals surface area contributed by atoms with Crippen molar-refractivity contribution < 1.29 is 14.3 Å². The highest BCUT2D eigenvalue weighted by Gasteiger charge is 2.08. The molecule has 21 heavy (non-hydrogen) atoms. The van der Waals surface area contributed by atoms with E-state index >= 15 is 0 Å². The molecule has 2 aromatic rings. The molecule has 0 unspecified atom stereocenters. The summed E-state index contributed by atoms with van der Waals surface area (Å²) < 4.78 is 5.21. The van der Waals surface area contributed by atoms with Gasteiger partial charge in [0.25, 0.3) is 0 Å². The van der Waals surface area contributed by atoms with E-state index in [2.05, 4.69) is 22.3 Å². The second-order valence-electron chi connectivity index (χ2n) is 5.22. The van der Waals surface area contributed by atoms with Crippen LogP contribution in [0.4, 0.5) is 0 Å². The normalized spacial score (nSPS) is 11.0. The Morgan fingerprint density at radius 2 is 1.95 bits per heavy atom. The van der Waals surface area contributed by atoms with Crippen LogP contribution in [0.2, 0.25) is 0 Å². The molecule has 0 radical (unpaired) electrons. The SMILES string of the molecule is CN(C)Cc1ccccc1CNCc1cc(C(=O)O)co1. The lowest BCUT2D eigenvalue weighted by atomic mass is 10.1. The van der Waals surface area contributed by atoms with Crippen LogP contribution < -0.4 is 5.32 Å². The molecule has 0 spiro atoms. The summed E-state index contributed by atoms with van der Waals surface area (Å²) in [5.74, 6) is -0.348. The molecular weight excluding hydrogens is 268 g/mol. The first kappa shape index (κ1) is 15.3. The van der Waals surface area contributed by atoms with Gasteiger partial charge in [0.15, 0.2) is 0 Å². The van der Waals surface area contributed by atoms with Crippen LogP contribution in [0.25, 0.3) is 0 Å². The van der Waals surface area contributed by atoms with Gasteiger partial charge < -0.3 is 19.7 Å². The topological polar surface area (TPSA) is 65.7 Å². The maximum Gasteiger partial charge on any atom is 0.338 e. The van der Waals surface area contributed by atoms with Crippen LogP contribution in [-0.4, -0.2) is 30.1 Å². The van der Waals surface area contributed by atoms with Gasteiger partial charge in [-0.2, -0.15) is 0 Å². The molecule has 0 amide bonds. The first-order chi connectivity index (χ1) is 10.1. The van der Waals surface area contributed by atoms with E-state index in [-0.39, 0.29) is 5.56 Å². The third-order valence-electron chi connectivity index (χ3n) is 3.12. The second kappa shape index (κ2) is 7.06. The monoisotopic (exact) mass is 288 g/mol. The van der Waals surface area contributed by atoms with Crippen LogP contribution in [0.15, 0.2) is 41.0 Å². The average molecular weight is 288 g/mol. The van der Waals surface area contributed by atoms with E-state index < -0.39 is 5.97 Å². The van der Waals surface area contributed by atoms with Crippen LogP contribution in [0, 0.1) is 0 Å². The molecule has 0 saturated heterocycles. The molecule has 1 aromatic carbocycles. The van der Waals surface area contributed by atoms with Crippen molar-refractivity contribution >= 4 is 5.97 Å². The van der Waals surface area contributed by atoms with Crippen molar-refractivity contribution in [1.82, 2.24) is 10.2 Å². The zero-order valence-electron chi connectivity index (χ0n) is 12.3. The molecule has 0 saturated carbocycles. The Kier molecular flexibility index (Phi) is 5.14. The third-order valence-corrected chi connectivity index (χ3v) is 3.12. The molecule has 2 N–H and O–H groups in total. The minimum atomic E-state index is -0.971. The fourth-order valence-electron chi connectivity index (χ4n) is 2.13. The number of aromatic carboxylic acids is 1. The van der Waals surface area contributed by atoms with Gasteiger partial charge in [-0.3, -0.25) is 0 Å². The Morgan fingerprint density at radius 1 is 1.24 bits per heavy atom. The first-order valence-corrected chi connectivity index (χ1v) is 6.79. The van der Waals surface area contributed by atoms with Crippen molar-refractivity contribution in [3.05, 3.63) is 59.0 Å². The van der Waals surface area contributed by atoms with Gasteiger partial charge in [-0.15, -0.1) is 0 Å². The Bertz CT molecular complexity index is 605. The largest absolute Gasteiger partial charge is 0.478 e. The maximum absolute atomic E-state index is 10.8. The summed E-state index contributed by atoms with van der Waals surface area (Å²) in [6, 6.07) is 9.81. The number of nitrogens with zero attached hydrogens (tertiary/aromatic N) is 1. The van der Waals surface area contributed by atoms with Crippen molar-refractivity contribution in [2.24, 2.45) is 0 Å². The molecule has 1 heterocycles. The molecule has 2 rings (SSSR count). The van der Waals surface area contributed by atoms with Crippen molar-refractivity contribution in [1.29, 1.82) is 0 Å². The number of hydrogen-bond acceptors (Lipinski definition) is 4. The fourth-order valence-corrected chi connectivity index (χ4v) is 2.13. The standard InChI is InChI=1S/C16H20N2O3/c1-18(2)10-13-6-4-3-5-12(13)8-17-9-15-7-14(11-21-15)16(19)20/h3-7,11,17H,8-10H2,1-2H3,(H,19,20). The highest BCUT2D eigenvalue weighted by molar-refractivity contribution is 5.87. The van der Waals surface area contributed by atoms with Gasteiger partial charge in [-0.25, -0.2) is 4.79 Å². The molecule has 5 heteroatoms. The number of carbonyl (C=O) groups is 1. The van der Waals surface area contributed by atoms with E-state index in [9.17, 15) is 4.79 Å². The maximum atomic E-state index is 10.8. The van der Waals surface area contributed by atoms with Gasteiger partial charge in [0.05, 0.1) is 12.1 Å². The number of rotatable bonds is 7. The minimum absolute atomic E-state index is 0.180. The van der Waals surface area contributed by atoms with Gasteiger partial charge in [0.1, 0.15) is 12.0 Å². The summed E-state index contributed by atoms with van der Waals surface area (Å²) in [6.45, 7) is 2.11. The minimum Gasteiger partial charge on any atom is -0.478 e. The number of carboxylic acid groups (broad SMARTS) is 1. The van der Waals surface area contributed by atoms with Gasteiger partial charge in [0.2, 0.25) is 0 Å². The van der Waals surface area contributed by atoms with Crippen LogP contribution in [-0.2, 0) is 19.6 Å². The van der Waals surface area contributed by atoms with Crippen molar-refractivity contribution in [2.45, 2.75) is 19.6 Å². The smallest absolute Gasteiger partial charge is 0.338 e. The number of carboxylic acids is 1. The van der Waals surface area contributed by atoms with Gasteiger partial charge in [-0.1, -0.05) is 24.3 Å². The van der Waals surface area contributed by atoms with E-state index in [1.807, 2.05) is 26.2 Å². The molecule has 0 fully saturated rings. The van der Waals surface area contributed by atoms with E-state index in [0.29, 0.717) is 18.8 Å². The van der Waals surface area contributed by atoms with Crippen molar-refractivity contribution in [2.75, 3.05) is 14.1 Å². The lowest BCUT2D eigenvalue weighted by Gasteiger charge is -2.14. The zero-order chi connectivity index (χ0) is 15.2.